The van der Waals surface area contributed by atoms with Crippen LogP contribution in [-0.4, -0.2) is 46.9 Å². The Kier molecular flexibility index (Phi) is 4.51. The van der Waals surface area contributed by atoms with Gasteiger partial charge in [-0.1, -0.05) is 0 Å². The second-order valence-electron chi connectivity index (χ2n) is 5.84. The summed E-state index contributed by atoms with van der Waals surface area (Å²) in [6.45, 7) is 3.84. The van der Waals surface area contributed by atoms with E-state index < -0.39 is 12.2 Å². The zero-order valence-electron chi connectivity index (χ0n) is 13.9. The molecule has 1 aliphatic rings. The zero-order chi connectivity index (χ0) is 18.0. The van der Waals surface area contributed by atoms with Crippen LogP contribution in [0.1, 0.15) is 28.8 Å². The lowest BCUT2D eigenvalue weighted by Gasteiger charge is -2.13. The number of amides is 2. The maximum absolute atomic E-state index is 12.3. The van der Waals surface area contributed by atoms with E-state index in [0.717, 1.165) is 5.69 Å². The number of anilines is 1. The van der Waals surface area contributed by atoms with E-state index in [1.165, 1.54) is 11.8 Å². The minimum absolute atomic E-state index is 0.175. The number of nitrogens with zero attached hydrogens (tertiary/aromatic N) is 2. The molecular weight excluding hydrogens is 324 g/mol. The van der Waals surface area contributed by atoms with Crippen molar-refractivity contribution in [2.75, 3.05) is 18.0 Å². The zero-order valence-corrected chi connectivity index (χ0v) is 13.9. The van der Waals surface area contributed by atoms with Crippen molar-refractivity contribution in [3.8, 4) is 0 Å². The first-order chi connectivity index (χ1) is 11.9. The van der Waals surface area contributed by atoms with Gasteiger partial charge in [0.2, 0.25) is 11.7 Å². The summed E-state index contributed by atoms with van der Waals surface area (Å²) >= 11 is 0. The average Bonchev–Trinajstić information content (AvgIpc) is 3.18. The van der Waals surface area contributed by atoms with Gasteiger partial charge in [0.15, 0.2) is 5.82 Å². The van der Waals surface area contributed by atoms with E-state index in [4.69, 9.17) is 4.74 Å². The molecule has 8 heteroatoms. The Morgan fingerprint density at radius 2 is 2.08 bits per heavy atom. The molecular formula is C17H18N4O4. The number of imidazole rings is 1. The van der Waals surface area contributed by atoms with Crippen molar-refractivity contribution in [3.63, 3.8) is 0 Å². The Balaban J connectivity index is 1.69. The lowest BCUT2D eigenvalue weighted by molar-refractivity contribution is -0.119. The van der Waals surface area contributed by atoms with Crippen LogP contribution >= 0.6 is 0 Å². The van der Waals surface area contributed by atoms with E-state index in [9.17, 15) is 14.4 Å². The summed E-state index contributed by atoms with van der Waals surface area (Å²) in [4.78, 5) is 43.6. The molecule has 2 aromatic rings. The number of rotatable bonds is 5. The molecule has 0 spiro atoms. The Morgan fingerprint density at radius 3 is 2.68 bits per heavy atom. The first-order valence-electron chi connectivity index (χ1n) is 7.83. The highest BCUT2D eigenvalue weighted by Gasteiger charge is 2.32. The minimum Gasteiger partial charge on any atom is -0.442 e. The minimum atomic E-state index is -0.476. The summed E-state index contributed by atoms with van der Waals surface area (Å²) in [6.07, 6.45) is 0.719. The first kappa shape index (κ1) is 16.7. The van der Waals surface area contributed by atoms with Gasteiger partial charge in [0, 0.05) is 30.1 Å². The summed E-state index contributed by atoms with van der Waals surface area (Å²) in [7, 11) is 0. The number of aromatic nitrogens is 2. The summed E-state index contributed by atoms with van der Waals surface area (Å²) in [5.74, 6) is -0.112. The molecule has 1 aromatic heterocycles. The quantitative estimate of drug-likeness (QED) is 0.800. The molecule has 0 bridgehead atoms. The van der Waals surface area contributed by atoms with Gasteiger partial charge in [-0.2, -0.15) is 0 Å². The van der Waals surface area contributed by atoms with Crippen LogP contribution in [0.3, 0.4) is 0 Å². The Labute approximate surface area is 144 Å². The molecule has 1 fully saturated rings. The highest BCUT2D eigenvalue weighted by atomic mass is 16.6. The topological polar surface area (TPSA) is 104 Å². The van der Waals surface area contributed by atoms with E-state index in [2.05, 4.69) is 15.3 Å². The highest BCUT2D eigenvalue weighted by molar-refractivity contribution is 6.06. The van der Waals surface area contributed by atoms with E-state index in [-0.39, 0.29) is 24.1 Å². The van der Waals surface area contributed by atoms with Crippen LogP contribution in [0, 0.1) is 6.92 Å². The van der Waals surface area contributed by atoms with Gasteiger partial charge in [0.25, 0.3) is 0 Å². The Hall–Kier alpha value is -3.16. The van der Waals surface area contributed by atoms with E-state index in [1.807, 2.05) is 6.92 Å². The number of ether oxygens (including phenoxy) is 1. The third kappa shape index (κ3) is 3.68. The van der Waals surface area contributed by atoms with Crippen molar-refractivity contribution in [3.05, 3.63) is 47.5 Å². The maximum Gasteiger partial charge on any atom is 0.414 e. The Bertz CT molecular complexity index is 812. The van der Waals surface area contributed by atoms with Crippen molar-refractivity contribution in [2.24, 2.45) is 0 Å². The molecule has 1 atom stereocenters. The van der Waals surface area contributed by atoms with Crippen LogP contribution in [0.5, 0.6) is 0 Å². The molecule has 2 heterocycles. The number of H-pyrrole nitrogens is 1. The number of aromatic amines is 1. The summed E-state index contributed by atoms with van der Waals surface area (Å²) in [6, 6.07) is 6.66. The van der Waals surface area contributed by atoms with Gasteiger partial charge in [-0.15, -0.1) is 0 Å². The van der Waals surface area contributed by atoms with E-state index in [0.29, 0.717) is 17.8 Å². The Morgan fingerprint density at radius 1 is 1.36 bits per heavy atom. The second kappa shape index (κ2) is 6.76. The molecule has 1 aromatic carbocycles. The first-order valence-corrected chi connectivity index (χ1v) is 7.83. The van der Waals surface area contributed by atoms with Gasteiger partial charge in [-0.05, 0) is 31.2 Å². The molecule has 0 saturated carbocycles. The largest absolute Gasteiger partial charge is 0.442 e. The SMILES string of the molecule is CC(=O)NC[C@H]1CN(c2ccc(C(=O)c3ncc(C)[nH]3)cc2)C(=O)O1. The predicted molar refractivity (Wildman–Crippen MR) is 89.5 cm³/mol. The predicted octanol–water partition coefficient (Wildman–Crippen LogP) is 1.41. The summed E-state index contributed by atoms with van der Waals surface area (Å²) in [5, 5.41) is 2.63. The third-order valence-corrected chi connectivity index (χ3v) is 3.81. The van der Waals surface area contributed by atoms with Crippen molar-refractivity contribution >= 4 is 23.5 Å². The molecule has 2 amide bonds. The van der Waals surface area contributed by atoms with E-state index in [1.54, 1.807) is 30.5 Å². The maximum atomic E-state index is 12.3. The van der Waals surface area contributed by atoms with Gasteiger partial charge in [-0.25, -0.2) is 9.78 Å². The molecule has 0 aliphatic carbocycles. The molecule has 2 N–H and O–H groups in total. The molecule has 0 unspecified atom stereocenters. The normalized spacial score (nSPS) is 16.6. The van der Waals surface area contributed by atoms with Crippen molar-refractivity contribution in [1.29, 1.82) is 0 Å². The number of nitrogens with one attached hydrogen (secondary N) is 2. The lowest BCUT2D eigenvalue weighted by Crippen LogP contribution is -2.33. The van der Waals surface area contributed by atoms with Crippen LogP contribution in [-0.2, 0) is 9.53 Å². The smallest absolute Gasteiger partial charge is 0.414 e. The third-order valence-electron chi connectivity index (χ3n) is 3.81. The van der Waals surface area contributed by atoms with Crippen molar-refractivity contribution < 1.29 is 19.1 Å². The highest BCUT2D eigenvalue weighted by Crippen LogP contribution is 2.22. The molecule has 3 rings (SSSR count). The van der Waals surface area contributed by atoms with Crippen LogP contribution in [0.4, 0.5) is 10.5 Å². The van der Waals surface area contributed by atoms with Gasteiger partial charge < -0.3 is 15.0 Å². The second-order valence-corrected chi connectivity index (χ2v) is 5.84. The number of carbonyl (C=O) groups is 3. The fraction of sp³-hybridized carbons (Fsp3) is 0.294. The monoisotopic (exact) mass is 342 g/mol. The number of hydrogen-bond donors (Lipinski definition) is 2. The van der Waals surface area contributed by atoms with Gasteiger partial charge in [-0.3, -0.25) is 14.5 Å². The fourth-order valence-corrected chi connectivity index (χ4v) is 2.55. The van der Waals surface area contributed by atoms with Crippen LogP contribution in [0.15, 0.2) is 30.5 Å². The van der Waals surface area contributed by atoms with Gasteiger partial charge >= 0.3 is 6.09 Å². The number of ketones is 1. The van der Waals surface area contributed by atoms with Crippen LogP contribution in [0.2, 0.25) is 0 Å². The summed E-state index contributed by atoms with van der Waals surface area (Å²) < 4.78 is 5.22. The standard InChI is InChI=1S/C17H18N4O4/c1-10-7-19-16(20-10)15(23)12-3-5-13(6-4-12)21-9-14(25-17(21)24)8-18-11(2)22/h3-7,14H,8-9H2,1-2H3,(H,18,22)(H,19,20)/t14-/m0/s1. The average molecular weight is 342 g/mol. The molecule has 8 nitrogen and oxygen atoms in total. The van der Waals surface area contributed by atoms with Crippen LogP contribution in [0.25, 0.3) is 0 Å². The van der Waals surface area contributed by atoms with Crippen molar-refractivity contribution in [1.82, 2.24) is 15.3 Å². The molecule has 25 heavy (non-hydrogen) atoms. The fourth-order valence-electron chi connectivity index (χ4n) is 2.55. The molecule has 130 valence electrons. The number of cyclic esters (lactones) is 1. The summed E-state index contributed by atoms with van der Waals surface area (Å²) in [5.41, 5.74) is 1.91. The van der Waals surface area contributed by atoms with Gasteiger partial charge in [0.1, 0.15) is 6.10 Å². The number of carbonyl (C=O) groups excluding carboxylic acids is 3. The molecule has 1 saturated heterocycles. The number of aryl methyl sites for hydroxylation is 1. The molecule has 1 aliphatic heterocycles. The lowest BCUT2D eigenvalue weighted by atomic mass is 10.1. The van der Waals surface area contributed by atoms with Gasteiger partial charge in [0.05, 0.1) is 13.1 Å². The van der Waals surface area contributed by atoms with Crippen LogP contribution < -0.4 is 10.2 Å². The molecule has 0 radical (unpaired) electrons. The van der Waals surface area contributed by atoms with E-state index >= 15 is 0 Å². The number of benzene rings is 1. The van der Waals surface area contributed by atoms with Crippen molar-refractivity contribution in [2.45, 2.75) is 20.0 Å². The number of hydrogen-bond acceptors (Lipinski definition) is 5.